The zero-order chi connectivity index (χ0) is 32.4. The molecule has 0 radical (unpaired) electrons. The molecule has 244 valence electrons. The average molecular weight is 636 g/mol. The van der Waals surface area contributed by atoms with E-state index in [4.69, 9.17) is 9.47 Å². The molecule has 2 saturated carbocycles. The van der Waals surface area contributed by atoms with Crippen LogP contribution in [0.3, 0.4) is 0 Å². The molecule has 7 atom stereocenters. The minimum Gasteiger partial charge on any atom is -0.480 e. The third-order valence-electron chi connectivity index (χ3n) is 9.95. The normalized spacial score (nSPS) is 32.1. The second-order valence-electron chi connectivity index (χ2n) is 14.1. The summed E-state index contributed by atoms with van der Waals surface area (Å²) >= 11 is 0. The van der Waals surface area contributed by atoms with Gasteiger partial charge in [-0.05, 0) is 48.9 Å². The number of carbonyl (C=O) groups excluding carboxylic acids is 2. The highest BCUT2D eigenvalue weighted by Crippen LogP contribution is 2.58. The lowest BCUT2D eigenvalue weighted by atomic mass is 9.77. The highest BCUT2D eigenvalue weighted by Gasteiger charge is 2.55. The molecular formula is C32H37F4N3O6. The quantitative estimate of drug-likeness (QED) is 0.317. The van der Waals surface area contributed by atoms with E-state index in [1.807, 2.05) is 0 Å². The first-order chi connectivity index (χ1) is 21.1. The summed E-state index contributed by atoms with van der Waals surface area (Å²) in [5, 5.41) is 10.0. The fraction of sp³-hybridized carbons (Fsp3) is 0.656. The van der Waals surface area contributed by atoms with Crippen LogP contribution >= 0.6 is 0 Å². The summed E-state index contributed by atoms with van der Waals surface area (Å²) in [5.41, 5.74) is -2.10. The number of carboxylic acids is 1. The Hall–Kier alpha value is -3.51. The molecule has 2 aliphatic heterocycles. The number of fused-ring (bicyclic) bond motifs is 7. The first-order valence-electron chi connectivity index (χ1n) is 15.6. The number of esters is 1. The van der Waals surface area contributed by atoms with Gasteiger partial charge in [0.1, 0.15) is 18.2 Å². The Kier molecular flexibility index (Phi) is 7.96. The maximum atomic E-state index is 15.9. The molecule has 2 bridgehead atoms. The van der Waals surface area contributed by atoms with E-state index in [2.05, 4.69) is 9.97 Å². The number of hydrogen-bond acceptors (Lipinski definition) is 7. The third kappa shape index (κ3) is 6.18. The van der Waals surface area contributed by atoms with E-state index >= 15 is 8.78 Å². The lowest BCUT2D eigenvalue weighted by Gasteiger charge is -2.34. The highest BCUT2D eigenvalue weighted by atomic mass is 19.3. The van der Waals surface area contributed by atoms with Crippen molar-refractivity contribution in [2.24, 2.45) is 29.1 Å². The second kappa shape index (κ2) is 11.4. The van der Waals surface area contributed by atoms with Gasteiger partial charge < -0.3 is 19.5 Å². The summed E-state index contributed by atoms with van der Waals surface area (Å²) < 4.78 is 71.6. The standard InChI is InChI=1S/C32H37F4N3O6/c1-31(2,3)19-11-26(40)45-25-9-15-8-18(15)17(25)6-4-5-7-32(35,36)27-28(38-23-13-21(34)20(33)12-22(23)37-27)44-16-10-24(30(42)43)39(14-16)29(19)41/h12-13,15-19,24-25H,4-11,14H2,1-3H3,(H,42,43)/t15-,16+,17+,18-,19+,24-,25+/m0/s1. The maximum Gasteiger partial charge on any atom is 0.326 e. The minimum atomic E-state index is -3.58. The van der Waals surface area contributed by atoms with Crippen LogP contribution in [-0.4, -0.2) is 62.6 Å². The van der Waals surface area contributed by atoms with Gasteiger partial charge in [0, 0.05) is 25.0 Å². The van der Waals surface area contributed by atoms with Crippen molar-refractivity contribution >= 4 is 28.9 Å². The SMILES string of the molecule is CC(C)(C)[C@@H]1CC(=O)O[C@@H]2C[C@@H]3C[C@@H]3[C@H]2CCCCC(F)(F)c2nc3cc(F)c(F)cc3nc2O[C@@H]2C[C@@H](C(=O)O)N(C2)C1=O. The largest absolute Gasteiger partial charge is 0.480 e. The maximum absolute atomic E-state index is 15.9. The van der Waals surface area contributed by atoms with Crippen molar-refractivity contribution in [2.45, 2.75) is 96.3 Å². The first-order valence-corrected chi connectivity index (χ1v) is 15.6. The average Bonchev–Trinajstić information content (AvgIpc) is 3.43. The lowest BCUT2D eigenvalue weighted by molar-refractivity contribution is -0.159. The molecule has 4 aliphatic rings. The van der Waals surface area contributed by atoms with Crippen molar-refractivity contribution in [1.29, 1.82) is 0 Å². The van der Waals surface area contributed by atoms with E-state index in [9.17, 15) is 28.3 Å². The number of hydrogen-bond donors (Lipinski definition) is 1. The summed E-state index contributed by atoms with van der Waals surface area (Å²) in [6.07, 6.45) is 0.289. The summed E-state index contributed by atoms with van der Waals surface area (Å²) in [6.45, 7) is 5.06. The number of benzene rings is 1. The molecule has 6 rings (SSSR count). The number of carbonyl (C=O) groups is 3. The van der Waals surface area contributed by atoms with Gasteiger partial charge in [0.2, 0.25) is 11.8 Å². The van der Waals surface area contributed by atoms with E-state index in [0.29, 0.717) is 37.2 Å². The van der Waals surface area contributed by atoms with Crippen LogP contribution in [0.1, 0.15) is 77.8 Å². The molecule has 3 heterocycles. The van der Waals surface area contributed by atoms with Gasteiger partial charge in [0.25, 0.3) is 5.92 Å². The van der Waals surface area contributed by atoms with Crippen molar-refractivity contribution in [3.05, 3.63) is 29.5 Å². The fourth-order valence-corrected chi connectivity index (χ4v) is 7.42. The highest BCUT2D eigenvalue weighted by molar-refractivity contribution is 5.89. The molecule has 45 heavy (non-hydrogen) atoms. The van der Waals surface area contributed by atoms with Gasteiger partial charge in [-0.15, -0.1) is 0 Å². The molecule has 1 N–H and O–H groups in total. The molecule has 13 heteroatoms. The first kappa shape index (κ1) is 31.5. The Bertz CT molecular complexity index is 1530. The Morgan fingerprint density at radius 3 is 2.36 bits per heavy atom. The monoisotopic (exact) mass is 635 g/mol. The predicted octanol–water partition coefficient (Wildman–Crippen LogP) is 5.63. The number of ether oxygens (including phenoxy) is 2. The molecule has 0 spiro atoms. The van der Waals surface area contributed by atoms with Crippen molar-refractivity contribution in [1.82, 2.24) is 14.9 Å². The topological polar surface area (TPSA) is 119 Å². The van der Waals surface area contributed by atoms with Gasteiger partial charge in [0.05, 0.1) is 29.9 Å². The minimum absolute atomic E-state index is 0.0307. The van der Waals surface area contributed by atoms with E-state index in [1.54, 1.807) is 20.8 Å². The smallest absolute Gasteiger partial charge is 0.326 e. The van der Waals surface area contributed by atoms with E-state index in [0.717, 1.165) is 17.4 Å². The zero-order valence-corrected chi connectivity index (χ0v) is 25.4. The van der Waals surface area contributed by atoms with Crippen molar-refractivity contribution in [2.75, 3.05) is 6.54 Å². The third-order valence-corrected chi connectivity index (χ3v) is 9.95. The number of nitrogens with zero attached hydrogens (tertiary/aromatic N) is 3. The van der Waals surface area contributed by atoms with Crippen molar-refractivity contribution in [3.8, 4) is 5.88 Å². The zero-order valence-electron chi connectivity index (χ0n) is 25.4. The Morgan fingerprint density at radius 2 is 1.69 bits per heavy atom. The van der Waals surface area contributed by atoms with Gasteiger partial charge in [-0.25, -0.2) is 23.5 Å². The summed E-state index contributed by atoms with van der Waals surface area (Å²) in [4.78, 5) is 48.7. The number of aromatic nitrogens is 2. The molecule has 3 fully saturated rings. The molecule has 1 saturated heterocycles. The van der Waals surface area contributed by atoms with Gasteiger partial charge in [-0.1, -0.05) is 27.2 Å². The van der Waals surface area contributed by atoms with Crippen molar-refractivity contribution in [3.63, 3.8) is 0 Å². The molecule has 9 nitrogen and oxygen atoms in total. The number of rotatable bonds is 1. The fourth-order valence-electron chi connectivity index (χ4n) is 7.42. The number of halogens is 4. The molecular weight excluding hydrogens is 598 g/mol. The van der Waals surface area contributed by atoms with Crippen LogP contribution in [0.5, 0.6) is 5.88 Å². The molecule has 2 aliphatic carbocycles. The van der Waals surface area contributed by atoms with Crippen LogP contribution in [-0.2, 0) is 25.0 Å². The summed E-state index contributed by atoms with van der Waals surface area (Å²) in [5.74, 6) is -9.26. The lowest BCUT2D eigenvalue weighted by Crippen LogP contribution is -2.47. The van der Waals surface area contributed by atoms with E-state index in [-0.39, 0.29) is 48.9 Å². The molecule has 0 unspecified atom stereocenters. The van der Waals surface area contributed by atoms with Crippen molar-refractivity contribution < 1.29 is 46.5 Å². The van der Waals surface area contributed by atoms with Gasteiger partial charge in [-0.2, -0.15) is 8.78 Å². The Labute approximate surface area is 257 Å². The molecule has 1 aromatic carbocycles. The predicted molar refractivity (Wildman–Crippen MR) is 151 cm³/mol. The van der Waals surface area contributed by atoms with Crippen LogP contribution < -0.4 is 4.74 Å². The number of alkyl halides is 2. The van der Waals surface area contributed by atoms with Gasteiger partial charge >= 0.3 is 11.9 Å². The van der Waals surface area contributed by atoms with Crippen LogP contribution in [0.15, 0.2) is 12.1 Å². The van der Waals surface area contributed by atoms with E-state index < -0.39 is 76.9 Å². The van der Waals surface area contributed by atoms with Crippen LogP contribution in [0, 0.1) is 40.7 Å². The van der Waals surface area contributed by atoms with Gasteiger partial charge in [0.15, 0.2) is 17.3 Å². The summed E-state index contributed by atoms with van der Waals surface area (Å²) in [7, 11) is 0. The molecule has 1 amide bonds. The van der Waals surface area contributed by atoms with Crippen LogP contribution in [0.4, 0.5) is 17.6 Å². The molecule has 2 aromatic rings. The van der Waals surface area contributed by atoms with Crippen LogP contribution in [0.25, 0.3) is 11.0 Å². The summed E-state index contributed by atoms with van der Waals surface area (Å²) in [6, 6.07) is 0.0580. The van der Waals surface area contributed by atoms with Crippen LogP contribution in [0.2, 0.25) is 0 Å². The number of aliphatic carboxylic acids is 1. The second-order valence-corrected chi connectivity index (χ2v) is 14.1. The Morgan fingerprint density at radius 1 is 1.00 bits per heavy atom. The Balaban J connectivity index is 1.39. The number of carboxylic acid groups (broad SMARTS) is 1. The molecule has 1 aromatic heterocycles. The van der Waals surface area contributed by atoms with Gasteiger partial charge in [-0.3, -0.25) is 9.59 Å². The number of amides is 1. The van der Waals surface area contributed by atoms with E-state index in [1.165, 1.54) is 0 Å².